The van der Waals surface area contributed by atoms with Gasteiger partial charge < -0.3 is 5.32 Å². The van der Waals surface area contributed by atoms with Crippen LogP contribution in [0.1, 0.15) is 25.7 Å². The predicted molar refractivity (Wildman–Crippen MR) is 76.2 cm³/mol. The molecular weight excluding hydrogens is 353 g/mol. The Labute approximate surface area is 128 Å². The quantitative estimate of drug-likeness (QED) is 0.611. The molecule has 0 unspecified atom stereocenters. The zero-order valence-corrected chi connectivity index (χ0v) is 12.6. The van der Waals surface area contributed by atoms with Gasteiger partial charge in [0, 0.05) is 17.8 Å². The molecule has 0 atom stereocenters. The third kappa shape index (κ3) is 4.09. The van der Waals surface area contributed by atoms with Crippen LogP contribution in [0.25, 0.3) is 0 Å². The van der Waals surface area contributed by atoms with Crippen LogP contribution in [0.3, 0.4) is 0 Å². The number of nitro benzene ring substituents is 1. The summed E-state index contributed by atoms with van der Waals surface area (Å²) in [4.78, 5) is 10.2. The van der Waals surface area contributed by atoms with Crippen LogP contribution in [0.5, 0.6) is 0 Å². The van der Waals surface area contributed by atoms with E-state index in [1.807, 2.05) is 0 Å². The molecule has 8 heteroatoms. The minimum absolute atomic E-state index is 0.0306. The van der Waals surface area contributed by atoms with Crippen molar-refractivity contribution in [1.29, 1.82) is 0 Å². The monoisotopic (exact) mass is 366 g/mol. The fourth-order valence-electron chi connectivity index (χ4n) is 2.55. The van der Waals surface area contributed by atoms with Gasteiger partial charge in [0.05, 0.1) is 15.3 Å². The lowest BCUT2D eigenvalue weighted by Gasteiger charge is -2.30. The molecule has 0 bridgehead atoms. The predicted octanol–water partition coefficient (Wildman–Crippen LogP) is 4.89. The van der Waals surface area contributed by atoms with Crippen LogP contribution < -0.4 is 5.32 Å². The lowest BCUT2D eigenvalue weighted by Crippen LogP contribution is -2.32. The fourth-order valence-corrected chi connectivity index (χ4v) is 3.07. The summed E-state index contributed by atoms with van der Waals surface area (Å²) in [5.74, 6) is -1.21. The SMILES string of the molecule is O=[N+]([O-])c1ccc(NC2CCC(C(F)(F)F)CC2)cc1Br. The van der Waals surface area contributed by atoms with E-state index in [-0.39, 0.29) is 24.6 Å². The van der Waals surface area contributed by atoms with Gasteiger partial charge in [0.15, 0.2) is 0 Å². The zero-order chi connectivity index (χ0) is 15.6. The third-order valence-corrected chi connectivity index (χ3v) is 4.34. The Morgan fingerprint density at radius 1 is 1.24 bits per heavy atom. The molecule has 0 spiro atoms. The van der Waals surface area contributed by atoms with Gasteiger partial charge in [-0.3, -0.25) is 10.1 Å². The Morgan fingerprint density at radius 2 is 1.86 bits per heavy atom. The van der Waals surface area contributed by atoms with Crippen molar-refractivity contribution in [1.82, 2.24) is 0 Å². The summed E-state index contributed by atoms with van der Waals surface area (Å²) in [6.07, 6.45) is -2.98. The first kappa shape index (κ1) is 16.1. The lowest BCUT2D eigenvalue weighted by atomic mass is 9.85. The zero-order valence-electron chi connectivity index (χ0n) is 11.0. The van der Waals surface area contributed by atoms with Gasteiger partial charge in [-0.2, -0.15) is 13.2 Å². The molecule has 0 heterocycles. The number of nitrogens with one attached hydrogen (secondary N) is 1. The van der Waals surface area contributed by atoms with Gasteiger partial charge in [0.2, 0.25) is 0 Å². The van der Waals surface area contributed by atoms with Crippen LogP contribution in [-0.4, -0.2) is 17.1 Å². The first-order chi connectivity index (χ1) is 9.77. The molecule has 1 N–H and O–H groups in total. The average molecular weight is 367 g/mol. The highest BCUT2D eigenvalue weighted by Crippen LogP contribution is 2.38. The van der Waals surface area contributed by atoms with Crippen molar-refractivity contribution < 1.29 is 18.1 Å². The fraction of sp³-hybridized carbons (Fsp3) is 0.538. The average Bonchev–Trinajstić information content (AvgIpc) is 2.38. The molecule has 1 aliphatic carbocycles. The largest absolute Gasteiger partial charge is 0.391 e. The first-order valence-electron chi connectivity index (χ1n) is 6.54. The molecule has 116 valence electrons. The molecule has 4 nitrogen and oxygen atoms in total. The maximum absolute atomic E-state index is 12.6. The molecule has 0 radical (unpaired) electrons. The molecule has 2 rings (SSSR count). The summed E-state index contributed by atoms with van der Waals surface area (Å²) in [5, 5.41) is 13.8. The highest BCUT2D eigenvalue weighted by molar-refractivity contribution is 9.10. The molecule has 1 aromatic carbocycles. The molecule has 21 heavy (non-hydrogen) atoms. The van der Waals surface area contributed by atoms with E-state index < -0.39 is 17.0 Å². The maximum Gasteiger partial charge on any atom is 0.391 e. The summed E-state index contributed by atoms with van der Waals surface area (Å²) in [6, 6.07) is 4.48. The Morgan fingerprint density at radius 3 is 2.33 bits per heavy atom. The van der Waals surface area contributed by atoms with Crippen molar-refractivity contribution in [2.24, 2.45) is 5.92 Å². The summed E-state index contributed by atoms with van der Waals surface area (Å²) < 4.78 is 38.1. The van der Waals surface area contributed by atoms with Gasteiger partial charge in [-0.25, -0.2) is 0 Å². The normalized spacial score (nSPS) is 22.9. The smallest absolute Gasteiger partial charge is 0.382 e. The first-order valence-corrected chi connectivity index (χ1v) is 7.34. The Hall–Kier alpha value is -1.31. The molecular formula is C13H14BrF3N2O2. The van der Waals surface area contributed by atoms with Crippen LogP contribution in [0.2, 0.25) is 0 Å². The van der Waals surface area contributed by atoms with Crippen molar-refractivity contribution in [2.75, 3.05) is 5.32 Å². The molecule has 0 saturated heterocycles. The van der Waals surface area contributed by atoms with Gasteiger partial charge in [-0.1, -0.05) is 0 Å². The number of nitro groups is 1. The summed E-state index contributed by atoms with van der Waals surface area (Å²) in [7, 11) is 0. The van der Waals surface area contributed by atoms with Crippen LogP contribution in [0, 0.1) is 16.0 Å². The van der Waals surface area contributed by atoms with Crippen LogP contribution in [-0.2, 0) is 0 Å². The van der Waals surface area contributed by atoms with E-state index in [0.717, 1.165) is 0 Å². The van der Waals surface area contributed by atoms with Gasteiger partial charge in [0.25, 0.3) is 5.69 Å². The Bertz CT molecular complexity index is 529. The summed E-state index contributed by atoms with van der Waals surface area (Å²) >= 11 is 3.12. The number of hydrogen-bond acceptors (Lipinski definition) is 3. The second-order valence-corrected chi connectivity index (χ2v) is 6.01. The van der Waals surface area contributed by atoms with E-state index in [9.17, 15) is 23.3 Å². The topological polar surface area (TPSA) is 55.2 Å². The second kappa shape index (κ2) is 6.21. The van der Waals surface area contributed by atoms with Crippen molar-refractivity contribution in [3.8, 4) is 0 Å². The van der Waals surface area contributed by atoms with Crippen LogP contribution in [0.4, 0.5) is 24.5 Å². The second-order valence-electron chi connectivity index (χ2n) is 5.16. The molecule has 1 aromatic rings. The number of nitrogens with zero attached hydrogens (tertiary/aromatic N) is 1. The van der Waals surface area contributed by atoms with E-state index in [2.05, 4.69) is 21.2 Å². The van der Waals surface area contributed by atoms with Gasteiger partial charge in [0.1, 0.15) is 0 Å². The van der Waals surface area contributed by atoms with Gasteiger partial charge >= 0.3 is 6.18 Å². The number of alkyl halides is 3. The molecule has 1 fully saturated rings. The van der Waals surface area contributed by atoms with Crippen molar-refractivity contribution in [2.45, 2.75) is 37.9 Å². The standard InChI is InChI=1S/C13H14BrF3N2O2/c14-11-7-10(5-6-12(11)19(20)21)18-9-3-1-8(2-4-9)13(15,16)17/h5-9,18H,1-4H2. The summed E-state index contributed by atoms with van der Waals surface area (Å²) in [6.45, 7) is 0. The molecule has 1 saturated carbocycles. The number of halogens is 4. The molecule has 0 aromatic heterocycles. The maximum atomic E-state index is 12.6. The summed E-state index contributed by atoms with van der Waals surface area (Å²) in [5.41, 5.74) is 0.629. The number of anilines is 1. The van der Waals surface area contributed by atoms with Gasteiger partial charge in [-0.05, 0) is 53.7 Å². The van der Waals surface area contributed by atoms with E-state index in [4.69, 9.17) is 0 Å². The van der Waals surface area contributed by atoms with E-state index in [1.54, 1.807) is 12.1 Å². The third-order valence-electron chi connectivity index (χ3n) is 3.71. The number of hydrogen-bond donors (Lipinski definition) is 1. The number of benzene rings is 1. The molecule has 1 aliphatic rings. The van der Waals surface area contributed by atoms with E-state index >= 15 is 0 Å². The van der Waals surface area contributed by atoms with Crippen molar-refractivity contribution in [3.63, 3.8) is 0 Å². The lowest BCUT2D eigenvalue weighted by molar-refractivity contribution is -0.385. The van der Waals surface area contributed by atoms with Crippen LogP contribution >= 0.6 is 15.9 Å². The Balaban J connectivity index is 1.95. The van der Waals surface area contributed by atoms with Gasteiger partial charge in [-0.15, -0.1) is 0 Å². The van der Waals surface area contributed by atoms with E-state index in [1.165, 1.54) is 6.07 Å². The number of rotatable bonds is 3. The highest BCUT2D eigenvalue weighted by Gasteiger charge is 2.41. The molecule has 0 aliphatic heterocycles. The minimum atomic E-state index is -4.11. The highest BCUT2D eigenvalue weighted by atomic mass is 79.9. The van der Waals surface area contributed by atoms with Crippen molar-refractivity contribution >= 4 is 27.3 Å². The Kier molecular flexibility index (Phi) is 4.75. The van der Waals surface area contributed by atoms with Crippen LogP contribution in [0.15, 0.2) is 22.7 Å². The molecule has 0 amide bonds. The van der Waals surface area contributed by atoms with E-state index in [0.29, 0.717) is 23.0 Å². The minimum Gasteiger partial charge on any atom is -0.382 e. The van der Waals surface area contributed by atoms with Crippen molar-refractivity contribution in [3.05, 3.63) is 32.8 Å².